The van der Waals surface area contributed by atoms with Crippen molar-refractivity contribution in [1.82, 2.24) is 15.2 Å². The molecule has 8 N–H and O–H groups in total. The summed E-state index contributed by atoms with van der Waals surface area (Å²) in [6.45, 7) is 9.68. The molecule has 0 saturated carbocycles. The lowest BCUT2D eigenvalue weighted by Crippen LogP contribution is -2.42. The van der Waals surface area contributed by atoms with Crippen LogP contribution in [0.2, 0.25) is 5.02 Å². The Hall–Kier alpha value is -4.57. The van der Waals surface area contributed by atoms with Gasteiger partial charge in [-0.05, 0) is 60.7 Å². The molecule has 2 amide bonds. The number of hydrogen-bond acceptors (Lipinski definition) is 7. The first kappa shape index (κ1) is 33.9. The van der Waals surface area contributed by atoms with Crippen LogP contribution in [0.4, 0.5) is 10.5 Å². The van der Waals surface area contributed by atoms with Crippen LogP contribution in [0.15, 0.2) is 77.6 Å². The molecule has 0 aliphatic heterocycles. The van der Waals surface area contributed by atoms with Crippen LogP contribution in [-0.2, 0) is 6.42 Å². The standard InChI is InChI=1S/C24H29ClN4O2.C9H13N3O/c1-24(2,3)21(26)14-22(27-16-11-12-20(30)18(25)13-16)29-23(31)28-19-10-6-8-15-7-4-5-9-17(15)19;1-6(2)9(11)12-5-7(13)3-4-8(12)10/h4-5,7,9,11-14,19,30H,6,8,10,26H2,1-3H3,(H2,27,28,29,31);3-6,10-11,13H,1-2H3/b21-14-;. The number of benzene rings is 2. The highest BCUT2D eigenvalue weighted by Gasteiger charge is 2.22. The summed E-state index contributed by atoms with van der Waals surface area (Å²) in [6.07, 6.45) is 5.95. The topological polar surface area (TPSA) is 173 Å². The fourth-order valence-electron chi connectivity index (χ4n) is 4.35. The molecule has 4 rings (SSSR count). The minimum absolute atomic E-state index is 0.0337. The number of amidine groups is 1. The van der Waals surface area contributed by atoms with E-state index in [1.54, 1.807) is 12.1 Å². The summed E-state index contributed by atoms with van der Waals surface area (Å²) in [7, 11) is 0. The number of nitrogens with zero attached hydrogens (tertiary/aromatic N) is 2. The molecule has 0 saturated heterocycles. The zero-order valence-corrected chi connectivity index (χ0v) is 26.5. The zero-order chi connectivity index (χ0) is 32.6. The molecule has 1 unspecified atom stereocenters. The third-order valence-corrected chi connectivity index (χ3v) is 7.30. The Kier molecular flexibility index (Phi) is 11.4. The molecular formula is C33H42ClN7O3. The van der Waals surface area contributed by atoms with Crippen molar-refractivity contribution in [2.24, 2.45) is 22.1 Å². The van der Waals surface area contributed by atoms with Crippen molar-refractivity contribution in [3.05, 3.63) is 94.2 Å². The van der Waals surface area contributed by atoms with Gasteiger partial charge in [0.25, 0.3) is 0 Å². The van der Waals surface area contributed by atoms with E-state index in [0.29, 0.717) is 17.2 Å². The molecule has 1 aliphatic carbocycles. The summed E-state index contributed by atoms with van der Waals surface area (Å²) in [5.74, 6) is 0.669. The molecule has 44 heavy (non-hydrogen) atoms. The lowest BCUT2D eigenvalue weighted by atomic mass is 9.88. The second kappa shape index (κ2) is 14.7. The maximum atomic E-state index is 12.8. The van der Waals surface area contributed by atoms with Gasteiger partial charge in [-0.1, -0.05) is 70.5 Å². The Morgan fingerprint density at radius 2 is 1.86 bits per heavy atom. The van der Waals surface area contributed by atoms with E-state index in [-0.39, 0.29) is 51.3 Å². The molecule has 1 aliphatic rings. The number of nitrogens with one attached hydrogen (secondary N) is 4. The lowest BCUT2D eigenvalue weighted by Gasteiger charge is -2.26. The predicted octanol–water partition coefficient (Wildman–Crippen LogP) is 6.50. The first-order valence-corrected chi connectivity index (χ1v) is 14.8. The van der Waals surface area contributed by atoms with Gasteiger partial charge in [0.2, 0.25) is 0 Å². The average Bonchev–Trinajstić information content (AvgIpc) is 2.96. The average molecular weight is 620 g/mol. The van der Waals surface area contributed by atoms with Gasteiger partial charge >= 0.3 is 6.03 Å². The number of carbonyl (C=O) groups is 1. The van der Waals surface area contributed by atoms with Gasteiger partial charge in [0, 0.05) is 23.1 Å². The van der Waals surface area contributed by atoms with E-state index in [4.69, 9.17) is 33.3 Å². The van der Waals surface area contributed by atoms with Crippen molar-refractivity contribution in [3.8, 4) is 11.5 Å². The number of pyridine rings is 1. The maximum Gasteiger partial charge on any atom is 0.320 e. The molecular weight excluding hydrogens is 578 g/mol. The largest absolute Gasteiger partial charge is 0.506 e. The van der Waals surface area contributed by atoms with Crippen molar-refractivity contribution >= 4 is 35.0 Å². The molecule has 234 valence electrons. The Morgan fingerprint density at radius 1 is 1.16 bits per heavy atom. The molecule has 10 nitrogen and oxygen atoms in total. The zero-order valence-electron chi connectivity index (χ0n) is 25.8. The van der Waals surface area contributed by atoms with Crippen molar-refractivity contribution < 1.29 is 15.0 Å². The van der Waals surface area contributed by atoms with Gasteiger partial charge in [-0.3, -0.25) is 20.7 Å². The number of urea groups is 1. The maximum absolute atomic E-state index is 12.8. The second-order valence-corrected chi connectivity index (χ2v) is 12.3. The van der Waals surface area contributed by atoms with Crippen molar-refractivity contribution in [2.45, 2.75) is 59.9 Å². The summed E-state index contributed by atoms with van der Waals surface area (Å²) in [4.78, 5) is 17.3. The summed E-state index contributed by atoms with van der Waals surface area (Å²) in [6, 6.07) is 15.3. The first-order valence-electron chi connectivity index (χ1n) is 14.4. The molecule has 1 heterocycles. The third-order valence-electron chi connectivity index (χ3n) is 6.99. The minimum atomic E-state index is -0.358. The van der Waals surface area contributed by atoms with Crippen LogP contribution in [0.25, 0.3) is 0 Å². The van der Waals surface area contributed by atoms with Gasteiger partial charge < -0.3 is 21.3 Å². The molecule has 1 aromatic heterocycles. The second-order valence-electron chi connectivity index (χ2n) is 11.9. The summed E-state index contributed by atoms with van der Waals surface area (Å²) in [5.41, 5.74) is 9.60. The van der Waals surface area contributed by atoms with E-state index in [1.165, 1.54) is 40.6 Å². The van der Waals surface area contributed by atoms with Gasteiger partial charge in [0.05, 0.1) is 22.9 Å². The number of rotatable bonds is 4. The normalized spacial score (nSPS) is 15.1. The van der Waals surface area contributed by atoms with E-state index in [2.05, 4.69) is 27.8 Å². The summed E-state index contributed by atoms with van der Waals surface area (Å²) >= 11 is 6.00. The van der Waals surface area contributed by atoms with Crippen LogP contribution in [0.3, 0.4) is 0 Å². The summed E-state index contributed by atoms with van der Waals surface area (Å²) < 4.78 is 1.36. The molecule has 0 spiro atoms. The van der Waals surface area contributed by atoms with Crippen molar-refractivity contribution in [3.63, 3.8) is 0 Å². The van der Waals surface area contributed by atoms with Crippen LogP contribution in [0.1, 0.15) is 64.6 Å². The minimum Gasteiger partial charge on any atom is -0.506 e. The molecule has 0 bridgehead atoms. The highest BCUT2D eigenvalue weighted by Crippen LogP contribution is 2.30. The van der Waals surface area contributed by atoms with Crippen LogP contribution in [0.5, 0.6) is 11.5 Å². The number of halogens is 1. The molecule has 1 atom stereocenters. The molecule has 2 aromatic carbocycles. The molecule has 0 radical (unpaired) electrons. The quantitative estimate of drug-likeness (QED) is 0.131. The summed E-state index contributed by atoms with van der Waals surface area (Å²) in [5, 5.41) is 40.0. The molecule has 0 fully saturated rings. The Morgan fingerprint density at radius 3 is 2.52 bits per heavy atom. The lowest BCUT2D eigenvalue weighted by molar-refractivity contribution is 0.240. The molecule has 11 heteroatoms. The predicted molar refractivity (Wildman–Crippen MR) is 176 cm³/mol. The van der Waals surface area contributed by atoms with E-state index >= 15 is 0 Å². The van der Waals surface area contributed by atoms with Crippen LogP contribution in [0, 0.1) is 22.2 Å². The van der Waals surface area contributed by atoms with E-state index in [9.17, 15) is 9.90 Å². The Balaban J connectivity index is 0.000000340. The number of fused-ring (bicyclic) bond motifs is 1. The first-order chi connectivity index (χ1) is 20.6. The fraction of sp³-hybridized carbons (Fsp3) is 0.333. The van der Waals surface area contributed by atoms with Crippen molar-refractivity contribution in [2.75, 3.05) is 0 Å². The third kappa shape index (κ3) is 9.47. The number of aryl methyl sites for hydroxylation is 1. The number of nitrogens with two attached hydrogens (primary N) is 1. The number of phenolic OH excluding ortho intramolecular Hbond substituents is 1. The van der Waals surface area contributed by atoms with Crippen LogP contribution < -0.4 is 21.9 Å². The Bertz CT molecular complexity index is 1620. The number of aromatic hydroxyl groups is 2. The number of carbonyl (C=O) groups excluding carboxylic acids is 1. The highest BCUT2D eigenvalue weighted by atomic mass is 35.5. The SMILES string of the molecule is CC(C)(C)/C(N)=C/C(=Nc1ccc(O)c(Cl)c1)NC(=O)NC1CCCc2ccccc21.CC(C)C(=N)n1cc(O)ccc1=N. The number of hydrogen-bond donors (Lipinski definition) is 7. The Labute approximate surface area is 263 Å². The van der Waals surface area contributed by atoms with Gasteiger partial charge in [-0.2, -0.15) is 0 Å². The highest BCUT2D eigenvalue weighted by molar-refractivity contribution is 6.32. The van der Waals surface area contributed by atoms with E-state index < -0.39 is 0 Å². The van der Waals surface area contributed by atoms with Crippen LogP contribution >= 0.6 is 11.6 Å². The number of phenols is 1. The van der Waals surface area contributed by atoms with Gasteiger partial charge in [0.15, 0.2) is 0 Å². The molecule has 3 aromatic rings. The monoisotopic (exact) mass is 619 g/mol. The smallest absolute Gasteiger partial charge is 0.320 e. The number of amides is 2. The number of allylic oxidation sites excluding steroid dienone is 1. The fourth-order valence-corrected chi connectivity index (χ4v) is 4.52. The van der Waals surface area contributed by atoms with Crippen molar-refractivity contribution in [1.29, 1.82) is 10.8 Å². The number of aliphatic imine (C=N–C) groups is 1. The van der Waals surface area contributed by atoms with Gasteiger partial charge in [-0.25, -0.2) is 9.79 Å². The van der Waals surface area contributed by atoms with Gasteiger partial charge in [0.1, 0.15) is 28.7 Å². The van der Waals surface area contributed by atoms with Crippen LogP contribution in [-0.4, -0.2) is 32.5 Å². The number of aromatic nitrogens is 1. The van der Waals surface area contributed by atoms with E-state index in [1.807, 2.05) is 46.8 Å². The van der Waals surface area contributed by atoms with E-state index in [0.717, 1.165) is 24.8 Å². The van der Waals surface area contributed by atoms with Gasteiger partial charge in [-0.15, -0.1) is 0 Å².